The van der Waals surface area contributed by atoms with Crippen LogP contribution >= 0.6 is 0 Å². The first kappa shape index (κ1) is 26.0. The van der Waals surface area contributed by atoms with Crippen LogP contribution in [0.15, 0.2) is 11.6 Å². The Morgan fingerprint density at radius 3 is 2.07 bits per heavy atom. The second-order valence-corrected chi connectivity index (χ2v) is 6.97. The summed E-state index contributed by atoms with van der Waals surface area (Å²) in [6.45, 7) is 2.07. The van der Waals surface area contributed by atoms with Crippen LogP contribution in [-0.4, -0.2) is 80.2 Å². The van der Waals surface area contributed by atoms with Crippen LogP contribution in [0.1, 0.15) is 45.4 Å². The number of carbonyl (C=O) groups excluding carboxylic acids is 3. The van der Waals surface area contributed by atoms with Crippen molar-refractivity contribution in [1.82, 2.24) is 0 Å². The van der Waals surface area contributed by atoms with Crippen molar-refractivity contribution in [3.8, 4) is 0 Å². The van der Waals surface area contributed by atoms with Crippen LogP contribution in [0.3, 0.4) is 0 Å². The van der Waals surface area contributed by atoms with Gasteiger partial charge in [0.25, 0.3) is 0 Å². The first-order valence-corrected chi connectivity index (χ1v) is 9.79. The molecule has 1 fully saturated rings. The lowest BCUT2D eigenvalue weighted by molar-refractivity contribution is -0.263. The number of esters is 3. The van der Waals surface area contributed by atoms with Crippen LogP contribution < -0.4 is 0 Å². The van der Waals surface area contributed by atoms with E-state index in [1.807, 2.05) is 0 Å². The molecule has 0 bridgehead atoms. The second kappa shape index (κ2) is 11.4. The fraction of sp³-hybridized carbons (Fsp3) is 0.750. The fourth-order valence-corrected chi connectivity index (χ4v) is 3.54. The Labute approximate surface area is 176 Å². The molecule has 0 aromatic carbocycles. The van der Waals surface area contributed by atoms with E-state index in [-0.39, 0.29) is 6.42 Å². The van der Waals surface area contributed by atoms with Crippen molar-refractivity contribution in [3.05, 3.63) is 11.6 Å². The molecule has 0 aromatic rings. The standard InChI is InChI=1S/C20H32O10/c1-6-7-8-9-10-11-19(29-5)15(22)16(23)20(30-19,18(25)28-4)13(17(24)27-3)12-14(21)26-2/h12,15-16,22-23H,6-11H2,1-5H3/b13-12+. The third kappa shape index (κ3) is 5.00. The van der Waals surface area contributed by atoms with Gasteiger partial charge in [-0.25, -0.2) is 14.4 Å². The van der Waals surface area contributed by atoms with E-state index in [4.69, 9.17) is 14.2 Å². The molecule has 0 spiro atoms. The molecule has 4 unspecified atom stereocenters. The Hall–Kier alpha value is -2.01. The van der Waals surface area contributed by atoms with Gasteiger partial charge in [0.2, 0.25) is 5.60 Å². The molecule has 2 N–H and O–H groups in total. The van der Waals surface area contributed by atoms with E-state index in [0.717, 1.165) is 47.0 Å². The Kier molecular flexibility index (Phi) is 9.89. The maximum atomic E-state index is 12.8. The molecule has 1 aliphatic heterocycles. The minimum absolute atomic E-state index is 0.122. The van der Waals surface area contributed by atoms with Crippen molar-refractivity contribution >= 4 is 17.9 Å². The zero-order valence-corrected chi connectivity index (χ0v) is 18.1. The number of rotatable bonds is 11. The van der Waals surface area contributed by atoms with Crippen LogP contribution in [-0.2, 0) is 38.1 Å². The molecular formula is C20H32O10. The van der Waals surface area contributed by atoms with E-state index in [2.05, 4.69) is 16.4 Å². The van der Waals surface area contributed by atoms with Crippen LogP contribution in [0.25, 0.3) is 0 Å². The average molecular weight is 432 g/mol. The minimum atomic E-state index is -2.56. The number of aliphatic hydroxyl groups excluding tert-OH is 2. The third-order valence-electron chi connectivity index (χ3n) is 5.23. The molecule has 1 saturated heterocycles. The highest BCUT2D eigenvalue weighted by molar-refractivity contribution is 6.05. The van der Waals surface area contributed by atoms with Crippen molar-refractivity contribution in [1.29, 1.82) is 0 Å². The average Bonchev–Trinajstić information content (AvgIpc) is 2.99. The maximum Gasteiger partial charge on any atom is 0.346 e. The molecule has 30 heavy (non-hydrogen) atoms. The quantitative estimate of drug-likeness (QED) is 0.207. The summed E-state index contributed by atoms with van der Waals surface area (Å²) in [7, 11) is 4.34. The summed E-state index contributed by atoms with van der Waals surface area (Å²) < 4.78 is 25.2. The number of ether oxygens (including phenoxy) is 5. The van der Waals surface area contributed by atoms with E-state index in [1.54, 1.807) is 0 Å². The largest absolute Gasteiger partial charge is 0.467 e. The highest BCUT2D eigenvalue weighted by atomic mass is 16.7. The Morgan fingerprint density at radius 1 is 0.933 bits per heavy atom. The highest BCUT2D eigenvalue weighted by Gasteiger charge is 2.69. The lowest BCUT2D eigenvalue weighted by Crippen LogP contribution is -2.54. The van der Waals surface area contributed by atoms with Gasteiger partial charge in [-0.2, -0.15) is 0 Å². The molecule has 0 radical (unpaired) electrons. The van der Waals surface area contributed by atoms with Crippen LogP contribution in [0, 0.1) is 0 Å². The van der Waals surface area contributed by atoms with Crippen LogP contribution in [0.2, 0.25) is 0 Å². The molecule has 0 saturated carbocycles. The molecule has 172 valence electrons. The van der Waals surface area contributed by atoms with Gasteiger partial charge >= 0.3 is 17.9 Å². The van der Waals surface area contributed by atoms with Gasteiger partial charge in [0.1, 0.15) is 12.2 Å². The summed E-state index contributed by atoms with van der Waals surface area (Å²) in [5.41, 5.74) is -3.24. The molecular weight excluding hydrogens is 400 g/mol. The smallest absolute Gasteiger partial charge is 0.346 e. The van der Waals surface area contributed by atoms with Crippen LogP contribution in [0.5, 0.6) is 0 Å². The number of methoxy groups -OCH3 is 4. The summed E-state index contributed by atoms with van der Waals surface area (Å²) in [4.78, 5) is 37.1. The summed E-state index contributed by atoms with van der Waals surface area (Å²) in [6, 6.07) is 0. The van der Waals surface area contributed by atoms with E-state index < -0.39 is 47.1 Å². The number of carbonyl (C=O) groups is 3. The summed E-state index contributed by atoms with van der Waals surface area (Å²) in [5, 5.41) is 21.6. The van der Waals surface area contributed by atoms with Crippen LogP contribution in [0.4, 0.5) is 0 Å². The normalized spacial score (nSPS) is 28.8. The molecule has 0 aliphatic carbocycles. The third-order valence-corrected chi connectivity index (χ3v) is 5.23. The fourth-order valence-electron chi connectivity index (χ4n) is 3.54. The van der Waals surface area contributed by atoms with E-state index >= 15 is 0 Å². The lowest BCUT2D eigenvalue weighted by Gasteiger charge is -2.33. The molecule has 10 heteroatoms. The molecule has 1 heterocycles. The van der Waals surface area contributed by atoms with Gasteiger partial charge in [0.05, 0.1) is 26.9 Å². The SMILES string of the molecule is CCCCCCCC1(OC)OC(C(=O)OC)(/C(=C/C(=O)OC)C(=O)OC)C(O)C1O. The van der Waals surface area contributed by atoms with Gasteiger partial charge in [-0.1, -0.05) is 32.6 Å². The van der Waals surface area contributed by atoms with Gasteiger partial charge in [-0.15, -0.1) is 0 Å². The second-order valence-electron chi connectivity index (χ2n) is 6.97. The summed E-state index contributed by atoms with van der Waals surface area (Å²) in [5.74, 6) is -5.17. The van der Waals surface area contributed by atoms with Gasteiger partial charge in [0, 0.05) is 19.6 Å². The van der Waals surface area contributed by atoms with Gasteiger partial charge < -0.3 is 33.9 Å². The van der Waals surface area contributed by atoms with Gasteiger partial charge in [0.15, 0.2) is 5.79 Å². The Morgan fingerprint density at radius 2 is 1.57 bits per heavy atom. The number of hydrogen-bond donors (Lipinski definition) is 2. The highest BCUT2D eigenvalue weighted by Crippen LogP contribution is 2.46. The number of aliphatic hydroxyl groups is 2. The predicted molar refractivity (Wildman–Crippen MR) is 103 cm³/mol. The van der Waals surface area contributed by atoms with Crippen molar-refractivity contribution in [3.63, 3.8) is 0 Å². The predicted octanol–water partition coefficient (Wildman–Crippen LogP) is 0.626. The van der Waals surface area contributed by atoms with Gasteiger partial charge in [-0.05, 0) is 6.42 Å². The Bertz CT molecular complexity index is 645. The zero-order chi connectivity index (χ0) is 22.9. The van der Waals surface area contributed by atoms with E-state index in [9.17, 15) is 24.6 Å². The zero-order valence-electron chi connectivity index (χ0n) is 18.1. The number of unbranched alkanes of at least 4 members (excludes halogenated alkanes) is 4. The molecule has 1 aliphatic rings. The van der Waals surface area contributed by atoms with E-state index in [1.165, 1.54) is 7.11 Å². The lowest BCUT2D eigenvalue weighted by atomic mass is 9.85. The summed E-state index contributed by atoms with van der Waals surface area (Å²) in [6.07, 6.45) is 1.46. The van der Waals surface area contributed by atoms with Gasteiger partial charge in [-0.3, -0.25) is 0 Å². The van der Waals surface area contributed by atoms with Crippen molar-refractivity contribution < 1.29 is 48.3 Å². The first-order valence-electron chi connectivity index (χ1n) is 9.79. The first-order chi connectivity index (χ1) is 14.2. The monoisotopic (exact) mass is 432 g/mol. The van der Waals surface area contributed by atoms with Crippen molar-refractivity contribution in [2.75, 3.05) is 28.4 Å². The molecule has 0 amide bonds. The molecule has 10 nitrogen and oxygen atoms in total. The van der Waals surface area contributed by atoms with Crippen molar-refractivity contribution in [2.45, 2.75) is 69.0 Å². The van der Waals surface area contributed by atoms with E-state index in [0.29, 0.717) is 12.5 Å². The van der Waals surface area contributed by atoms with Crippen molar-refractivity contribution in [2.24, 2.45) is 0 Å². The minimum Gasteiger partial charge on any atom is -0.467 e. The summed E-state index contributed by atoms with van der Waals surface area (Å²) >= 11 is 0. The number of hydrogen-bond acceptors (Lipinski definition) is 10. The molecule has 4 atom stereocenters. The topological polar surface area (TPSA) is 138 Å². The molecule has 1 rings (SSSR count). The Balaban J connectivity index is 3.46. The molecule has 0 aromatic heterocycles. The maximum absolute atomic E-state index is 12.8.